The van der Waals surface area contributed by atoms with E-state index in [9.17, 15) is 12.8 Å². The molecule has 0 amide bonds. The maximum Gasteiger partial charge on any atom is 0.243 e. The van der Waals surface area contributed by atoms with Crippen LogP contribution in [0.3, 0.4) is 0 Å². The van der Waals surface area contributed by atoms with E-state index in [1.54, 1.807) is 0 Å². The van der Waals surface area contributed by atoms with Gasteiger partial charge in [0.15, 0.2) is 0 Å². The van der Waals surface area contributed by atoms with Crippen molar-refractivity contribution in [1.29, 1.82) is 0 Å². The summed E-state index contributed by atoms with van der Waals surface area (Å²) in [7, 11) is -3.75. The molecule has 19 heavy (non-hydrogen) atoms. The van der Waals surface area contributed by atoms with Gasteiger partial charge in [-0.3, -0.25) is 0 Å². The molecule has 1 aromatic rings. The number of rotatable bonds is 5. The Morgan fingerprint density at radius 3 is 2.79 bits per heavy atom. The summed E-state index contributed by atoms with van der Waals surface area (Å²) in [6.07, 6.45) is 2.67. The van der Waals surface area contributed by atoms with Gasteiger partial charge in [-0.15, -0.1) is 0 Å². The van der Waals surface area contributed by atoms with E-state index in [0.29, 0.717) is 5.25 Å². The van der Waals surface area contributed by atoms with Crippen LogP contribution in [0.15, 0.2) is 29.2 Å². The summed E-state index contributed by atoms with van der Waals surface area (Å²) in [4.78, 5) is -0.262. The first-order chi connectivity index (χ1) is 9.03. The topological polar surface area (TPSA) is 46.2 Å². The number of hydrogen-bond donors (Lipinski definition) is 1. The van der Waals surface area contributed by atoms with Gasteiger partial charge in [-0.05, 0) is 37.1 Å². The van der Waals surface area contributed by atoms with Crippen LogP contribution in [0.4, 0.5) is 4.39 Å². The average molecular weight is 303 g/mol. The first-order valence-corrected chi connectivity index (χ1v) is 8.94. The molecule has 0 bridgehead atoms. The molecule has 0 heterocycles. The zero-order chi connectivity index (χ0) is 13.9. The molecule has 0 aromatic heterocycles. The molecule has 1 aromatic carbocycles. The molecule has 1 fully saturated rings. The van der Waals surface area contributed by atoms with E-state index >= 15 is 0 Å². The maximum absolute atomic E-state index is 13.5. The van der Waals surface area contributed by atoms with Crippen molar-refractivity contribution in [3.8, 4) is 0 Å². The zero-order valence-corrected chi connectivity index (χ0v) is 12.4. The Balaban J connectivity index is 2.05. The van der Waals surface area contributed by atoms with Gasteiger partial charge >= 0.3 is 0 Å². The van der Waals surface area contributed by atoms with Crippen LogP contribution in [-0.2, 0) is 10.0 Å². The Bertz CT molecular complexity index is 533. The molecule has 1 aliphatic carbocycles. The summed E-state index contributed by atoms with van der Waals surface area (Å²) in [6.45, 7) is 2.10. The van der Waals surface area contributed by atoms with Gasteiger partial charge in [0.05, 0.1) is 0 Å². The molecule has 2 atom stereocenters. The molecule has 0 aliphatic heterocycles. The maximum atomic E-state index is 13.5. The predicted molar refractivity (Wildman–Crippen MR) is 76.3 cm³/mol. The lowest BCUT2D eigenvalue weighted by molar-refractivity contribution is 0.537. The highest BCUT2D eigenvalue weighted by atomic mass is 32.2. The molecule has 106 valence electrons. The van der Waals surface area contributed by atoms with Crippen LogP contribution < -0.4 is 4.72 Å². The summed E-state index contributed by atoms with van der Waals surface area (Å²) in [5, 5.41) is 0.512. The van der Waals surface area contributed by atoms with Gasteiger partial charge in [0.2, 0.25) is 10.0 Å². The third-order valence-corrected chi connectivity index (χ3v) is 6.02. The second kappa shape index (κ2) is 6.24. The molecular formula is C13H18FNO2S2. The SMILES string of the molecule is CCSC1CCC(NS(=O)(=O)c2ccccc2F)C1. The van der Waals surface area contributed by atoms with Gasteiger partial charge in [-0.25, -0.2) is 17.5 Å². The molecule has 0 saturated heterocycles. The number of halogens is 1. The van der Waals surface area contributed by atoms with E-state index in [2.05, 4.69) is 11.6 Å². The summed E-state index contributed by atoms with van der Waals surface area (Å²) in [5.74, 6) is 0.338. The molecule has 2 unspecified atom stereocenters. The van der Waals surface area contributed by atoms with Gasteiger partial charge < -0.3 is 0 Å². The lowest BCUT2D eigenvalue weighted by atomic mass is 10.3. The molecule has 3 nitrogen and oxygen atoms in total. The molecule has 2 rings (SSSR count). The van der Waals surface area contributed by atoms with Gasteiger partial charge in [-0.2, -0.15) is 11.8 Å². The van der Waals surface area contributed by atoms with E-state index in [-0.39, 0.29) is 10.9 Å². The zero-order valence-electron chi connectivity index (χ0n) is 10.8. The van der Waals surface area contributed by atoms with Crippen molar-refractivity contribution in [2.45, 2.75) is 42.4 Å². The van der Waals surface area contributed by atoms with E-state index in [1.165, 1.54) is 24.3 Å². The second-order valence-corrected chi connectivity index (χ2v) is 7.90. The first-order valence-electron chi connectivity index (χ1n) is 6.41. The van der Waals surface area contributed by atoms with Gasteiger partial charge in [0.25, 0.3) is 0 Å². The summed E-state index contributed by atoms with van der Waals surface area (Å²) in [5.41, 5.74) is 0. The van der Waals surface area contributed by atoms with Gasteiger partial charge in [0.1, 0.15) is 10.7 Å². The van der Waals surface area contributed by atoms with Crippen molar-refractivity contribution in [2.24, 2.45) is 0 Å². The molecular weight excluding hydrogens is 285 g/mol. The Hall–Kier alpha value is -0.590. The van der Waals surface area contributed by atoms with Crippen molar-refractivity contribution in [3.63, 3.8) is 0 Å². The smallest absolute Gasteiger partial charge is 0.208 e. The fourth-order valence-electron chi connectivity index (χ4n) is 2.38. The minimum absolute atomic E-state index is 0.0753. The third kappa shape index (κ3) is 3.70. The van der Waals surface area contributed by atoms with Crippen LogP contribution in [-0.4, -0.2) is 25.5 Å². The number of nitrogens with one attached hydrogen (secondary N) is 1. The highest BCUT2D eigenvalue weighted by Crippen LogP contribution is 2.30. The summed E-state index contributed by atoms with van der Waals surface area (Å²) < 4.78 is 40.4. The minimum Gasteiger partial charge on any atom is -0.208 e. The molecule has 6 heteroatoms. The molecule has 1 N–H and O–H groups in total. The fraction of sp³-hybridized carbons (Fsp3) is 0.538. The minimum atomic E-state index is -3.75. The van der Waals surface area contributed by atoms with Crippen LogP contribution in [0.2, 0.25) is 0 Å². The molecule has 0 spiro atoms. The quantitative estimate of drug-likeness (QED) is 0.910. The van der Waals surface area contributed by atoms with Crippen molar-refractivity contribution in [3.05, 3.63) is 30.1 Å². The monoisotopic (exact) mass is 303 g/mol. The Morgan fingerprint density at radius 2 is 2.11 bits per heavy atom. The van der Waals surface area contributed by atoms with Crippen LogP contribution >= 0.6 is 11.8 Å². The van der Waals surface area contributed by atoms with Crippen molar-refractivity contribution >= 4 is 21.8 Å². The van der Waals surface area contributed by atoms with E-state index in [0.717, 1.165) is 25.0 Å². The largest absolute Gasteiger partial charge is 0.243 e. The second-order valence-electron chi connectivity index (χ2n) is 4.64. The number of sulfonamides is 1. The summed E-state index contributed by atoms with van der Waals surface area (Å²) >= 11 is 1.86. The van der Waals surface area contributed by atoms with Gasteiger partial charge in [0, 0.05) is 11.3 Å². The normalized spacial score (nSPS) is 23.7. The van der Waals surface area contributed by atoms with Crippen LogP contribution in [0, 0.1) is 5.82 Å². The highest BCUT2D eigenvalue weighted by Gasteiger charge is 2.29. The number of benzene rings is 1. The highest BCUT2D eigenvalue weighted by molar-refractivity contribution is 7.99. The predicted octanol–water partition coefficient (Wildman–Crippen LogP) is 2.78. The van der Waals surface area contributed by atoms with E-state index in [4.69, 9.17) is 0 Å². The van der Waals surface area contributed by atoms with Gasteiger partial charge in [-0.1, -0.05) is 19.1 Å². The van der Waals surface area contributed by atoms with Crippen molar-refractivity contribution < 1.29 is 12.8 Å². The van der Waals surface area contributed by atoms with Crippen LogP contribution in [0.5, 0.6) is 0 Å². The summed E-state index contributed by atoms with van der Waals surface area (Å²) in [6, 6.07) is 5.40. The first kappa shape index (κ1) is 14.8. The number of hydrogen-bond acceptors (Lipinski definition) is 3. The number of thioether (sulfide) groups is 1. The average Bonchev–Trinajstić information content (AvgIpc) is 2.76. The van der Waals surface area contributed by atoms with E-state index in [1.807, 2.05) is 11.8 Å². The van der Waals surface area contributed by atoms with E-state index < -0.39 is 15.8 Å². The Morgan fingerprint density at radius 1 is 1.37 bits per heavy atom. The molecule has 1 aliphatic rings. The van der Waals surface area contributed by atoms with Crippen molar-refractivity contribution in [1.82, 2.24) is 4.72 Å². The Kier molecular flexibility index (Phi) is 4.86. The van der Waals surface area contributed by atoms with Crippen molar-refractivity contribution in [2.75, 3.05) is 5.75 Å². The Labute approximate surface area is 118 Å². The molecule has 1 saturated carbocycles. The lowest BCUT2D eigenvalue weighted by Gasteiger charge is -2.14. The fourth-order valence-corrected chi connectivity index (χ4v) is 4.88. The lowest BCUT2D eigenvalue weighted by Crippen LogP contribution is -2.33. The van der Waals surface area contributed by atoms with Crippen LogP contribution in [0.25, 0.3) is 0 Å². The third-order valence-electron chi connectivity index (χ3n) is 3.23. The molecule has 0 radical (unpaired) electrons. The standard InChI is InChI=1S/C13H18FNO2S2/c1-2-18-11-8-7-10(9-11)15-19(16,17)13-6-4-3-5-12(13)14/h3-6,10-11,15H,2,7-9H2,1H3. The van der Waals surface area contributed by atoms with Crippen LogP contribution in [0.1, 0.15) is 26.2 Å².